The lowest BCUT2D eigenvalue weighted by Crippen LogP contribution is -2.51. The first-order valence-electron chi connectivity index (χ1n) is 9.50. The van der Waals surface area contributed by atoms with Gasteiger partial charge in [0.1, 0.15) is 11.4 Å². The molecule has 7 nitrogen and oxygen atoms in total. The van der Waals surface area contributed by atoms with E-state index < -0.39 is 5.60 Å². The fourth-order valence-electron chi connectivity index (χ4n) is 2.72. The first kappa shape index (κ1) is 21.0. The van der Waals surface area contributed by atoms with Crippen molar-refractivity contribution in [1.82, 2.24) is 9.80 Å². The van der Waals surface area contributed by atoms with Crippen LogP contribution in [0.5, 0.6) is 5.75 Å². The highest BCUT2D eigenvalue weighted by molar-refractivity contribution is 5.93. The van der Waals surface area contributed by atoms with E-state index in [1.807, 2.05) is 56.9 Å². The molecular weight excluding hydrogens is 346 g/mol. The van der Waals surface area contributed by atoms with Gasteiger partial charge in [-0.25, -0.2) is 4.79 Å². The van der Waals surface area contributed by atoms with Crippen LogP contribution in [-0.4, -0.2) is 66.7 Å². The highest BCUT2D eigenvalue weighted by atomic mass is 16.6. The molecule has 0 radical (unpaired) electrons. The van der Waals surface area contributed by atoms with E-state index in [1.165, 1.54) is 0 Å². The molecule has 1 aromatic rings. The maximum atomic E-state index is 12.4. The fraction of sp³-hybridized carbons (Fsp3) is 0.600. The molecule has 1 aromatic carbocycles. The molecule has 0 aliphatic carbocycles. The van der Waals surface area contributed by atoms with Gasteiger partial charge in [-0.3, -0.25) is 9.69 Å². The van der Waals surface area contributed by atoms with Gasteiger partial charge in [-0.1, -0.05) is 19.1 Å². The summed E-state index contributed by atoms with van der Waals surface area (Å²) in [6, 6.07) is 7.44. The Morgan fingerprint density at radius 1 is 1.11 bits per heavy atom. The number of rotatable bonds is 6. The molecular formula is C20H31N3O4. The Kier molecular flexibility index (Phi) is 7.47. The molecule has 2 amide bonds. The van der Waals surface area contributed by atoms with Crippen molar-refractivity contribution in [2.45, 2.75) is 39.7 Å². The van der Waals surface area contributed by atoms with Crippen LogP contribution in [0.2, 0.25) is 0 Å². The van der Waals surface area contributed by atoms with Crippen LogP contribution < -0.4 is 10.1 Å². The van der Waals surface area contributed by atoms with Gasteiger partial charge in [0.2, 0.25) is 5.91 Å². The molecule has 0 unspecified atom stereocenters. The Morgan fingerprint density at radius 2 is 1.78 bits per heavy atom. The molecule has 0 bridgehead atoms. The monoisotopic (exact) mass is 377 g/mol. The van der Waals surface area contributed by atoms with E-state index in [9.17, 15) is 9.59 Å². The molecule has 1 aliphatic heterocycles. The van der Waals surface area contributed by atoms with Gasteiger partial charge >= 0.3 is 6.09 Å². The zero-order valence-corrected chi connectivity index (χ0v) is 16.8. The number of amides is 2. The topological polar surface area (TPSA) is 71.1 Å². The van der Waals surface area contributed by atoms with E-state index >= 15 is 0 Å². The highest BCUT2D eigenvalue weighted by Gasteiger charge is 2.26. The Labute approximate surface area is 161 Å². The molecule has 0 spiro atoms. The maximum absolute atomic E-state index is 12.4. The Balaban J connectivity index is 1.80. The second-order valence-electron chi connectivity index (χ2n) is 7.64. The van der Waals surface area contributed by atoms with E-state index in [0.717, 1.165) is 6.42 Å². The summed E-state index contributed by atoms with van der Waals surface area (Å²) in [7, 11) is 0. The number of piperazine rings is 1. The number of anilines is 1. The van der Waals surface area contributed by atoms with Gasteiger partial charge in [-0.05, 0) is 39.3 Å². The maximum Gasteiger partial charge on any atom is 0.410 e. The van der Waals surface area contributed by atoms with Crippen LogP contribution in [-0.2, 0) is 9.53 Å². The quantitative estimate of drug-likeness (QED) is 0.825. The van der Waals surface area contributed by atoms with Gasteiger partial charge in [-0.2, -0.15) is 0 Å². The number of nitrogens with one attached hydrogen (secondary N) is 1. The lowest BCUT2D eigenvalue weighted by atomic mass is 10.2. The SMILES string of the molecule is CCCOc1ccccc1NC(=O)CN1CCN(C(=O)OC(C)(C)C)CC1. The van der Waals surface area contributed by atoms with Crippen LogP contribution >= 0.6 is 0 Å². The van der Waals surface area contributed by atoms with Gasteiger partial charge in [0.15, 0.2) is 0 Å². The molecule has 1 fully saturated rings. The van der Waals surface area contributed by atoms with Gasteiger partial charge in [-0.15, -0.1) is 0 Å². The van der Waals surface area contributed by atoms with Crippen molar-refractivity contribution in [3.05, 3.63) is 24.3 Å². The van der Waals surface area contributed by atoms with Crippen molar-refractivity contribution in [2.75, 3.05) is 44.6 Å². The first-order chi connectivity index (χ1) is 12.8. The van der Waals surface area contributed by atoms with Crippen LogP contribution in [0.4, 0.5) is 10.5 Å². The van der Waals surface area contributed by atoms with E-state index in [4.69, 9.17) is 9.47 Å². The third-order valence-electron chi connectivity index (χ3n) is 4.01. The van der Waals surface area contributed by atoms with Crippen LogP contribution in [0.3, 0.4) is 0 Å². The van der Waals surface area contributed by atoms with Gasteiger partial charge in [0.05, 0.1) is 18.8 Å². The summed E-state index contributed by atoms with van der Waals surface area (Å²) < 4.78 is 11.1. The number of hydrogen-bond acceptors (Lipinski definition) is 5. The molecule has 150 valence electrons. The number of para-hydroxylation sites is 2. The number of carbonyl (C=O) groups excluding carboxylic acids is 2. The molecule has 2 rings (SSSR count). The highest BCUT2D eigenvalue weighted by Crippen LogP contribution is 2.23. The summed E-state index contributed by atoms with van der Waals surface area (Å²) in [5, 5.41) is 2.92. The minimum Gasteiger partial charge on any atom is -0.491 e. The van der Waals surface area contributed by atoms with Gasteiger partial charge < -0.3 is 19.7 Å². The van der Waals surface area contributed by atoms with E-state index in [-0.39, 0.29) is 18.5 Å². The molecule has 0 saturated carbocycles. The zero-order valence-electron chi connectivity index (χ0n) is 16.8. The average Bonchev–Trinajstić information content (AvgIpc) is 2.60. The van der Waals surface area contributed by atoms with Crippen LogP contribution in [0.1, 0.15) is 34.1 Å². The van der Waals surface area contributed by atoms with Crippen LogP contribution in [0.25, 0.3) is 0 Å². The second kappa shape index (κ2) is 9.60. The van der Waals surface area contributed by atoms with Crippen LogP contribution in [0.15, 0.2) is 24.3 Å². The largest absolute Gasteiger partial charge is 0.491 e. The van der Waals surface area contributed by atoms with Crippen molar-refractivity contribution in [2.24, 2.45) is 0 Å². The van der Waals surface area contributed by atoms with Crippen molar-refractivity contribution in [3.63, 3.8) is 0 Å². The van der Waals surface area contributed by atoms with E-state index in [0.29, 0.717) is 44.2 Å². The van der Waals surface area contributed by atoms with Crippen LogP contribution in [0, 0.1) is 0 Å². The Bertz CT molecular complexity index is 634. The standard InChI is InChI=1S/C20H31N3O4/c1-5-14-26-17-9-7-6-8-16(17)21-18(24)15-22-10-12-23(13-11-22)19(25)27-20(2,3)4/h6-9H,5,10-15H2,1-4H3,(H,21,24). The summed E-state index contributed by atoms with van der Waals surface area (Å²) in [6.07, 6.45) is 0.609. The molecule has 0 atom stereocenters. The summed E-state index contributed by atoms with van der Waals surface area (Å²) in [5.74, 6) is 0.593. The number of carbonyl (C=O) groups is 2. The number of hydrogen-bond donors (Lipinski definition) is 1. The summed E-state index contributed by atoms with van der Waals surface area (Å²) >= 11 is 0. The van der Waals surface area contributed by atoms with Crippen molar-refractivity contribution < 1.29 is 19.1 Å². The van der Waals surface area contributed by atoms with Crippen molar-refractivity contribution in [3.8, 4) is 5.75 Å². The third-order valence-corrected chi connectivity index (χ3v) is 4.01. The molecule has 1 saturated heterocycles. The fourth-order valence-corrected chi connectivity index (χ4v) is 2.72. The van der Waals surface area contributed by atoms with Gasteiger partial charge in [0.25, 0.3) is 0 Å². The molecule has 0 aromatic heterocycles. The Morgan fingerprint density at radius 3 is 2.41 bits per heavy atom. The molecule has 1 N–H and O–H groups in total. The molecule has 1 heterocycles. The van der Waals surface area contributed by atoms with E-state index in [2.05, 4.69) is 5.32 Å². The normalized spacial score (nSPS) is 15.3. The zero-order chi connectivity index (χ0) is 19.9. The van der Waals surface area contributed by atoms with Crippen molar-refractivity contribution in [1.29, 1.82) is 0 Å². The molecule has 27 heavy (non-hydrogen) atoms. The smallest absolute Gasteiger partial charge is 0.410 e. The summed E-state index contributed by atoms with van der Waals surface area (Å²) in [6.45, 7) is 10.9. The predicted molar refractivity (Wildman–Crippen MR) is 105 cm³/mol. The molecule has 7 heteroatoms. The van der Waals surface area contributed by atoms with Gasteiger partial charge in [0, 0.05) is 26.2 Å². The lowest BCUT2D eigenvalue weighted by molar-refractivity contribution is -0.117. The average molecular weight is 377 g/mol. The number of benzene rings is 1. The number of nitrogens with zero attached hydrogens (tertiary/aromatic N) is 2. The van der Waals surface area contributed by atoms with E-state index in [1.54, 1.807) is 4.90 Å². The third kappa shape index (κ3) is 7.09. The summed E-state index contributed by atoms with van der Waals surface area (Å²) in [4.78, 5) is 28.2. The Hall–Kier alpha value is -2.28. The van der Waals surface area contributed by atoms with Crippen molar-refractivity contribution >= 4 is 17.7 Å². The second-order valence-corrected chi connectivity index (χ2v) is 7.64. The lowest BCUT2D eigenvalue weighted by Gasteiger charge is -2.35. The first-order valence-corrected chi connectivity index (χ1v) is 9.50. The molecule has 1 aliphatic rings. The number of ether oxygens (including phenoxy) is 2. The minimum atomic E-state index is -0.499. The predicted octanol–water partition coefficient (Wildman–Crippen LogP) is 2.97. The summed E-state index contributed by atoms with van der Waals surface area (Å²) in [5.41, 5.74) is 0.185. The minimum absolute atomic E-state index is 0.0896.